The summed E-state index contributed by atoms with van der Waals surface area (Å²) < 4.78 is 5.76. The molecule has 1 N–H and O–H groups in total. The van der Waals surface area contributed by atoms with E-state index in [1.807, 2.05) is 0 Å². The van der Waals surface area contributed by atoms with Gasteiger partial charge >= 0.3 is 0 Å². The summed E-state index contributed by atoms with van der Waals surface area (Å²) in [6.45, 7) is 5.96. The Hall–Kier alpha value is -0.630. The summed E-state index contributed by atoms with van der Waals surface area (Å²) in [6.07, 6.45) is 7.66. The monoisotopic (exact) mass is 277 g/mol. The predicted molar refractivity (Wildman–Crippen MR) is 78.3 cm³/mol. The summed E-state index contributed by atoms with van der Waals surface area (Å²) in [5, 5.41) is 13.5. The molecule has 20 heavy (non-hydrogen) atoms. The van der Waals surface area contributed by atoms with Crippen molar-refractivity contribution >= 4 is 0 Å². The zero-order chi connectivity index (χ0) is 14.0. The van der Waals surface area contributed by atoms with E-state index >= 15 is 0 Å². The molecule has 0 radical (unpaired) electrons. The minimum absolute atomic E-state index is 0.310. The molecule has 1 heterocycles. The molecule has 3 fully saturated rings. The second-order valence-corrected chi connectivity index (χ2v) is 6.74. The maximum atomic E-state index is 9.80. The van der Waals surface area contributed by atoms with Crippen molar-refractivity contribution in [2.24, 2.45) is 5.92 Å². The van der Waals surface area contributed by atoms with Crippen molar-refractivity contribution in [1.29, 1.82) is 5.26 Å². The van der Waals surface area contributed by atoms with Crippen LogP contribution in [-0.2, 0) is 4.74 Å². The normalized spacial score (nSPS) is 29.4. The number of likely N-dealkylation sites (N-methyl/N-ethyl adjacent to an activating group) is 1. The molecule has 0 aromatic heterocycles. The number of nitrogens with zero attached hydrogens (tertiary/aromatic N) is 2. The zero-order valence-corrected chi connectivity index (χ0v) is 12.6. The third-order valence-corrected chi connectivity index (χ3v) is 4.92. The van der Waals surface area contributed by atoms with Crippen LogP contribution in [0, 0.1) is 17.2 Å². The zero-order valence-electron chi connectivity index (χ0n) is 12.6. The van der Waals surface area contributed by atoms with Gasteiger partial charge in [-0.05, 0) is 51.0 Å². The van der Waals surface area contributed by atoms with Crippen LogP contribution in [0.2, 0.25) is 0 Å². The minimum Gasteiger partial charge on any atom is -0.377 e. The van der Waals surface area contributed by atoms with Gasteiger partial charge in [-0.3, -0.25) is 10.2 Å². The lowest BCUT2D eigenvalue weighted by Crippen LogP contribution is -2.56. The third kappa shape index (κ3) is 3.33. The molecule has 4 nitrogen and oxygen atoms in total. The van der Waals surface area contributed by atoms with E-state index in [-0.39, 0.29) is 5.54 Å². The fourth-order valence-corrected chi connectivity index (χ4v) is 3.35. The molecule has 0 spiro atoms. The number of ether oxygens (including phenoxy) is 1. The third-order valence-electron chi connectivity index (χ3n) is 4.92. The van der Waals surface area contributed by atoms with E-state index in [9.17, 15) is 5.26 Å². The smallest absolute Gasteiger partial charge is 0.122 e. The second kappa shape index (κ2) is 6.01. The van der Waals surface area contributed by atoms with E-state index in [4.69, 9.17) is 4.74 Å². The molecule has 1 aliphatic heterocycles. The molecule has 0 aromatic carbocycles. The highest BCUT2D eigenvalue weighted by atomic mass is 16.5. The average molecular weight is 277 g/mol. The lowest BCUT2D eigenvalue weighted by Gasteiger charge is -2.35. The first-order chi connectivity index (χ1) is 9.75. The summed E-state index contributed by atoms with van der Waals surface area (Å²) in [5.74, 6) is 0.562. The SMILES string of the molecule is CCN(CC1CCCO1)CC(C#N)(NC1CC1)C1CC1. The molecule has 1 saturated heterocycles. The van der Waals surface area contributed by atoms with E-state index in [1.165, 1.54) is 38.5 Å². The first-order valence-corrected chi connectivity index (χ1v) is 8.28. The summed E-state index contributed by atoms with van der Waals surface area (Å²) in [4.78, 5) is 2.42. The van der Waals surface area contributed by atoms with Crippen LogP contribution in [0.3, 0.4) is 0 Å². The summed E-state index contributed by atoms with van der Waals surface area (Å²) in [6, 6.07) is 3.24. The van der Waals surface area contributed by atoms with Crippen LogP contribution in [0.15, 0.2) is 0 Å². The molecule has 0 amide bonds. The Morgan fingerprint density at radius 1 is 1.30 bits per heavy atom. The predicted octanol–water partition coefficient (Wildman–Crippen LogP) is 1.91. The van der Waals surface area contributed by atoms with Gasteiger partial charge in [0.15, 0.2) is 0 Å². The molecule has 2 saturated carbocycles. The van der Waals surface area contributed by atoms with Crippen molar-refractivity contribution < 1.29 is 4.74 Å². The van der Waals surface area contributed by atoms with Crippen molar-refractivity contribution in [1.82, 2.24) is 10.2 Å². The Kier molecular flexibility index (Phi) is 4.30. The molecule has 3 aliphatic rings. The van der Waals surface area contributed by atoms with Gasteiger partial charge in [0.2, 0.25) is 0 Å². The van der Waals surface area contributed by atoms with Crippen LogP contribution in [0.4, 0.5) is 0 Å². The summed E-state index contributed by atoms with van der Waals surface area (Å²) in [7, 11) is 0. The van der Waals surface area contributed by atoms with Crippen LogP contribution < -0.4 is 5.32 Å². The first kappa shape index (κ1) is 14.3. The highest BCUT2D eigenvalue weighted by molar-refractivity contribution is 5.18. The van der Waals surface area contributed by atoms with Crippen LogP contribution in [-0.4, -0.2) is 48.8 Å². The minimum atomic E-state index is -0.310. The van der Waals surface area contributed by atoms with Gasteiger partial charge in [-0.2, -0.15) is 5.26 Å². The second-order valence-electron chi connectivity index (χ2n) is 6.74. The Morgan fingerprint density at radius 3 is 2.60 bits per heavy atom. The highest BCUT2D eigenvalue weighted by Gasteiger charge is 2.49. The quantitative estimate of drug-likeness (QED) is 0.736. The maximum Gasteiger partial charge on any atom is 0.122 e. The van der Waals surface area contributed by atoms with Crippen molar-refractivity contribution in [2.45, 2.75) is 63.1 Å². The fraction of sp³-hybridized carbons (Fsp3) is 0.938. The van der Waals surface area contributed by atoms with Crippen LogP contribution in [0.25, 0.3) is 0 Å². The van der Waals surface area contributed by atoms with Crippen LogP contribution in [0.5, 0.6) is 0 Å². The van der Waals surface area contributed by atoms with E-state index in [0.717, 1.165) is 26.2 Å². The Bertz CT molecular complexity index is 366. The molecule has 0 aromatic rings. The molecule has 4 heteroatoms. The lowest BCUT2D eigenvalue weighted by molar-refractivity contribution is 0.0656. The summed E-state index contributed by atoms with van der Waals surface area (Å²) >= 11 is 0. The highest BCUT2D eigenvalue weighted by Crippen LogP contribution is 2.41. The van der Waals surface area contributed by atoms with E-state index in [2.05, 4.69) is 23.2 Å². The molecule has 112 valence electrons. The summed E-state index contributed by atoms with van der Waals surface area (Å²) in [5.41, 5.74) is -0.310. The number of rotatable bonds is 8. The molecule has 2 aliphatic carbocycles. The van der Waals surface area contributed by atoms with Crippen molar-refractivity contribution in [3.8, 4) is 6.07 Å². The van der Waals surface area contributed by atoms with E-state index in [1.54, 1.807) is 0 Å². The van der Waals surface area contributed by atoms with Crippen LogP contribution in [0.1, 0.15) is 45.4 Å². The topological polar surface area (TPSA) is 48.3 Å². The molecular formula is C16H27N3O. The maximum absolute atomic E-state index is 9.80. The average Bonchev–Trinajstić information content (AvgIpc) is 3.38. The van der Waals surface area contributed by atoms with Gasteiger partial charge < -0.3 is 4.74 Å². The fourth-order valence-electron chi connectivity index (χ4n) is 3.35. The number of hydrogen-bond acceptors (Lipinski definition) is 4. The van der Waals surface area contributed by atoms with E-state index < -0.39 is 0 Å². The van der Waals surface area contributed by atoms with Crippen LogP contribution >= 0.6 is 0 Å². The standard InChI is InChI=1S/C16H27N3O/c1-2-19(10-15-4-3-9-20-15)12-16(11-17,13-5-6-13)18-14-7-8-14/h13-15,18H,2-10,12H2,1H3. The molecule has 0 bridgehead atoms. The molecular weight excluding hydrogens is 250 g/mol. The Morgan fingerprint density at radius 2 is 2.10 bits per heavy atom. The van der Waals surface area contributed by atoms with Gasteiger partial charge in [-0.1, -0.05) is 6.92 Å². The van der Waals surface area contributed by atoms with Crippen molar-refractivity contribution in [2.75, 3.05) is 26.2 Å². The number of nitriles is 1. The van der Waals surface area contributed by atoms with Gasteiger partial charge in [-0.25, -0.2) is 0 Å². The molecule has 2 unspecified atom stereocenters. The number of hydrogen-bond donors (Lipinski definition) is 1. The van der Waals surface area contributed by atoms with Gasteiger partial charge in [0, 0.05) is 25.7 Å². The van der Waals surface area contributed by atoms with Gasteiger partial charge in [0.25, 0.3) is 0 Å². The Labute approximate surface area is 122 Å². The number of nitrogens with one attached hydrogen (secondary N) is 1. The van der Waals surface area contributed by atoms with Crippen molar-refractivity contribution in [3.63, 3.8) is 0 Å². The van der Waals surface area contributed by atoms with E-state index in [0.29, 0.717) is 18.1 Å². The van der Waals surface area contributed by atoms with Gasteiger partial charge in [-0.15, -0.1) is 0 Å². The first-order valence-electron chi connectivity index (χ1n) is 8.28. The van der Waals surface area contributed by atoms with Crippen molar-refractivity contribution in [3.05, 3.63) is 0 Å². The lowest BCUT2D eigenvalue weighted by atomic mass is 9.93. The largest absolute Gasteiger partial charge is 0.377 e. The van der Waals surface area contributed by atoms with Gasteiger partial charge in [0.1, 0.15) is 5.54 Å². The van der Waals surface area contributed by atoms with Gasteiger partial charge in [0.05, 0.1) is 12.2 Å². The molecule has 2 atom stereocenters. The Balaban J connectivity index is 1.62. The molecule has 3 rings (SSSR count).